The molecule has 0 saturated carbocycles. The Morgan fingerprint density at radius 3 is 2.88 bits per heavy atom. The van der Waals surface area contributed by atoms with E-state index in [1.54, 1.807) is 29.7 Å². The Hall–Kier alpha value is -1.64. The Kier molecular flexibility index (Phi) is 5.37. The molecule has 1 fully saturated rings. The van der Waals surface area contributed by atoms with E-state index in [0.29, 0.717) is 25.3 Å². The Morgan fingerprint density at radius 2 is 2.25 bits per heavy atom. The van der Waals surface area contributed by atoms with Crippen molar-refractivity contribution in [2.45, 2.75) is 25.6 Å². The number of hydrogen-bond acceptors (Lipinski definition) is 6. The van der Waals surface area contributed by atoms with Crippen LogP contribution in [0.1, 0.15) is 17.1 Å². The molecule has 0 bridgehead atoms. The smallest absolute Gasteiger partial charge is 0.234 e. The highest BCUT2D eigenvalue weighted by Gasteiger charge is 2.33. The Balaban J connectivity index is 1.61. The van der Waals surface area contributed by atoms with Gasteiger partial charge in [0.1, 0.15) is 5.76 Å². The molecule has 130 valence electrons. The molecule has 2 aromatic rings. The number of thiophene rings is 1. The number of nitrogens with one attached hydrogen (secondary N) is 1. The number of rotatable bonds is 7. The number of nitrogens with zero attached hydrogens (tertiary/aromatic N) is 1. The van der Waals surface area contributed by atoms with Gasteiger partial charge in [-0.25, -0.2) is 8.42 Å². The molecular formula is C16H20N2O4S2. The van der Waals surface area contributed by atoms with E-state index in [4.69, 9.17) is 4.42 Å². The second kappa shape index (κ2) is 7.50. The van der Waals surface area contributed by atoms with Gasteiger partial charge in [-0.1, -0.05) is 6.07 Å². The lowest BCUT2D eigenvalue weighted by Crippen LogP contribution is -2.42. The molecule has 1 aliphatic rings. The van der Waals surface area contributed by atoms with E-state index in [1.807, 2.05) is 22.4 Å². The van der Waals surface area contributed by atoms with Crippen LogP contribution in [0.5, 0.6) is 0 Å². The third-order valence-corrected chi connectivity index (χ3v) is 6.66. The normalized spacial score (nSPS) is 19.6. The van der Waals surface area contributed by atoms with Gasteiger partial charge in [0.15, 0.2) is 9.84 Å². The first kappa shape index (κ1) is 17.2. The molecule has 0 radical (unpaired) electrons. The fraction of sp³-hybridized carbons (Fsp3) is 0.438. The average molecular weight is 368 g/mol. The second-order valence-corrected chi connectivity index (χ2v) is 9.16. The van der Waals surface area contributed by atoms with Gasteiger partial charge in [-0.05, 0) is 30.0 Å². The zero-order valence-electron chi connectivity index (χ0n) is 13.2. The van der Waals surface area contributed by atoms with Crippen LogP contribution in [-0.4, -0.2) is 43.3 Å². The van der Waals surface area contributed by atoms with E-state index >= 15 is 0 Å². The predicted octanol–water partition coefficient (Wildman–Crippen LogP) is 1.65. The van der Waals surface area contributed by atoms with Crippen LogP contribution in [-0.2, 0) is 27.7 Å². The SMILES string of the molecule is O=C(CN(Cc1cccs1)[C@@H]1CCS(=O)(=O)C1)NCc1ccco1. The molecule has 0 aromatic carbocycles. The lowest BCUT2D eigenvalue weighted by molar-refractivity contribution is -0.123. The Bertz CT molecular complexity index is 754. The van der Waals surface area contributed by atoms with Crippen molar-refractivity contribution in [3.8, 4) is 0 Å². The van der Waals surface area contributed by atoms with Gasteiger partial charge in [-0.3, -0.25) is 9.69 Å². The molecule has 2 aromatic heterocycles. The maximum Gasteiger partial charge on any atom is 0.234 e. The number of amides is 1. The van der Waals surface area contributed by atoms with Crippen molar-refractivity contribution in [1.29, 1.82) is 0 Å². The van der Waals surface area contributed by atoms with E-state index in [-0.39, 0.29) is 30.0 Å². The Labute approximate surface area is 145 Å². The summed E-state index contributed by atoms with van der Waals surface area (Å²) in [6.07, 6.45) is 2.15. The third-order valence-electron chi connectivity index (χ3n) is 4.05. The molecule has 0 spiro atoms. The van der Waals surface area contributed by atoms with Gasteiger partial charge in [0, 0.05) is 17.5 Å². The van der Waals surface area contributed by atoms with Crippen LogP contribution in [0.2, 0.25) is 0 Å². The lowest BCUT2D eigenvalue weighted by atomic mass is 10.2. The van der Waals surface area contributed by atoms with Crippen LogP contribution < -0.4 is 5.32 Å². The maximum atomic E-state index is 12.3. The fourth-order valence-corrected chi connectivity index (χ4v) is 5.31. The first-order valence-corrected chi connectivity index (χ1v) is 10.5. The van der Waals surface area contributed by atoms with Gasteiger partial charge in [0.25, 0.3) is 0 Å². The van der Waals surface area contributed by atoms with Gasteiger partial charge in [-0.15, -0.1) is 11.3 Å². The molecule has 1 aliphatic heterocycles. The minimum absolute atomic E-state index is 0.105. The van der Waals surface area contributed by atoms with Crippen molar-refractivity contribution < 1.29 is 17.6 Å². The summed E-state index contributed by atoms with van der Waals surface area (Å²) in [6, 6.07) is 7.43. The molecule has 3 heterocycles. The lowest BCUT2D eigenvalue weighted by Gasteiger charge is -2.26. The standard InChI is InChI=1S/C16H20N2O4S2/c19-16(17-9-14-3-1-6-22-14)11-18(10-15-4-2-7-23-15)13-5-8-24(20,21)12-13/h1-4,6-7,13H,5,8-12H2,(H,17,19)/t13-/m1/s1. The van der Waals surface area contributed by atoms with Crippen molar-refractivity contribution in [2.24, 2.45) is 0 Å². The second-order valence-electron chi connectivity index (χ2n) is 5.90. The van der Waals surface area contributed by atoms with Crippen LogP contribution >= 0.6 is 11.3 Å². The molecule has 1 atom stereocenters. The van der Waals surface area contributed by atoms with Gasteiger partial charge in [-0.2, -0.15) is 0 Å². The summed E-state index contributed by atoms with van der Waals surface area (Å²) < 4.78 is 28.8. The first-order chi connectivity index (χ1) is 11.5. The monoisotopic (exact) mass is 368 g/mol. The zero-order valence-corrected chi connectivity index (χ0v) is 14.8. The van der Waals surface area contributed by atoms with E-state index < -0.39 is 9.84 Å². The van der Waals surface area contributed by atoms with Gasteiger partial charge in [0.2, 0.25) is 5.91 Å². The maximum absolute atomic E-state index is 12.3. The summed E-state index contributed by atoms with van der Waals surface area (Å²) in [7, 11) is -2.99. The number of hydrogen-bond donors (Lipinski definition) is 1. The number of furan rings is 1. The fourth-order valence-electron chi connectivity index (χ4n) is 2.82. The van der Waals surface area contributed by atoms with Crippen molar-refractivity contribution >= 4 is 27.1 Å². The molecule has 1 N–H and O–H groups in total. The zero-order chi connectivity index (χ0) is 17.0. The van der Waals surface area contributed by atoms with Crippen molar-refractivity contribution in [1.82, 2.24) is 10.2 Å². The average Bonchev–Trinajstić information content (AvgIpc) is 3.26. The minimum atomic E-state index is -2.99. The largest absolute Gasteiger partial charge is 0.467 e. The molecule has 0 unspecified atom stereocenters. The summed E-state index contributed by atoms with van der Waals surface area (Å²) in [5.41, 5.74) is 0. The van der Waals surface area contributed by atoms with Crippen molar-refractivity contribution in [3.05, 3.63) is 46.5 Å². The number of carbonyl (C=O) groups excluding carboxylic acids is 1. The van der Waals surface area contributed by atoms with Crippen LogP contribution in [0, 0.1) is 0 Å². The summed E-state index contributed by atoms with van der Waals surface area (Å²) in [5.74, 6) is 0.889. The highest BCUT2D eigenvalue weighted by Crippen LogP contribution is 2.21. The van der Waals surface area contributed by atoms with Crippen LogP contribution in [0.3, 0.4) is 0 Å². The first-order valence-electron chi connectivity index (χ1n) is 7.78. The highest BCUT2D eigenvalue weighted by atomic mass is 32.2. The predicted molar refractivity (Wildman–Crippen MR) is 92.3 cm³/mol. The summed E-state index contributed by atoms with van der Waals surface area (Å²) in [6.45, 7) is 1.10. The molecule has 1 amide bonds. The number of carbonyl (C=O) groups is 1. The molecule has 3 rings (SSSR count). The third kappa shape index (κ3) is 4.68. The molecule has 6 nitrogen and oxygen atoms in total. The van der Waals surface area contributed by atoms with E-state index in [9.17, 15) is 13.2 Å². The van der Waals surface area contributed by atoms with E-state index in [2.05, 4.69) is 5.32 Å². The molecular weight excluding hydrogens is 348 g/mol. The van der Waals surface area contributed by atoms with Crippen molar-refractivity contribution in [3.63, 3.8) is 0 Å². The summed E-state index contributed by atoms with van der Waals surface area (Å²) in [5, 5.41) is 4.80. The van der Waals surface area contributed by atoms with Crippen molar-refractivity contribution in [2.75, 3.05) is 18.1 Å². The molecule has 8 heteroatoms. The highest BCUT2D eigenvalue weighted by molar-refractivity contribution is 7.91. The summed E-state index contributed by atoms with van der Waals surface area (Å²) in [4.78, 5) is 15.3. The van der Waals surface area contributed by atoms with Gasteiger partial charge >= 0.3 is 0 Å². The van der Waals surface area contributed by atoms with Gasteiger partial charge in [0.05, 0.1) is 30.9 Å². The summed E-state index contributed by atoms with van der Waals surface area (Å²) >= 11 is 1.61. The van der Waals surface area contributed by atoms with E-state index in [1.165, 1.54) is 0 Å². The molecule has 1 saturated heterocycles. The van der Waals surface area contributed by atoms with Gasteiger partial charge < -0.3 is 9.73 Å². The van der Waals surface area contributed by atoms with E-state index in [0.717, 1.165) is 4.88 Å². The van der Waals surface area contributed by atoms with Crippen LogP contribution in [0.4, 0.5) is 0 Å². The number of sulfone groups is 1. The topological polar surface area (TPSA) is 79.6 Å². The minimum Gasteiger partial charge on any atom is -0.467 e. The van der Waals surface area contributed by atoms with Crippen LogP contribution in [0.25, 0.3) is 0 Å². The Morgan fingerprint density at radius 1 is 1.38 bits per heavy atom. The molecule has 0 aliphatic carbocycles. The van der Waals surface area contributed by atoms with Crippen LogP contribution in [0.15, 0.2) is 40.3 Å². The molecule has 24 heavy (non-hydrogen) atoms. The quantitative estimate of drug-likeness (QED) is 0.804.